The largest absolute Gasteiger partial charge is 0.368 e. The molecule has 4 rings (SSSR count). The van der Waals surface area contributed by atoms with E-state index in [0.29, 0.717) is 19.0 Å². The van der Waals surface area contributed by atoms with Crippen LogP contribution in [-0.2, 0) is 9.53 Å². The number of amides is 2. The SMILES string of the molecule is C[C@@H]1CCCC[C@H]1OCC(=O)NC[C@H]1CN(C(=O)c2ccccc2)[C@H]2CCN1C2. The van der Waals surface area contributed by atoms with Crippen molar-refractivity contribution in [2.75, 3.05) is 32.8 Å². The number of nitrogens with one attached hydrogen (secondary N) is 1. The lowest BCUT2D eigenvalue weighted by molar-refractivity contribution is -0.129. The third kappa shape index (κ3) is 4.81. The molecule has 158 valence electrons. The maximum atomic E-state index is 13.0. The van der Waals surface area contributed by atoms with Gasteiger partial charge in [-0.25, -0.2) is 0 Å². The molecule has 2 saturated heterocycles. The van der Waals surface area contributed by atoms with Crippen LogP contribution in [0.2, 0.25) is 0 Å². The molecular formula is C23H33N3O3. The standard InChI is InChI=1S/C23H33N3O3/c1-17-7-5-6-10-21(17)29-16-22(27)24-13-20-15-26(19-11-12-25(20)14-19)23(28)18-8-3-2-4-9-18/h2-4,8-9,17,19-21H,5-7,10-16H2,1H3,(H,24,27)/t17-,19+,20+,21-/m1/s1. The summed E-state index contributed by atoms with van der Waals surface area (Å²) in [5, 5.41) is 3.05. The molecule has 0 radical (unpaired) electrons. The highest BCUT2D eigenvalue weighted by Crippen LogP contribution is 2.27. The minimum absolute atomic E-state index is 0.0509. The zero-order chi connectivity index (χ0) is 20.2. The van der Waals surface area contributed by atoms with Gasteiger partial charge in [0.2, 0.25) is 5.91 Å². The van der Waals surface area contributed by atoms with Gasteiger partial charge >= 0.3 is 0 Å². The fourth-order valence-electron chi connectivity index (χ4n) is 5.03. The van der Waals surface area contributed by atoms with Gasteiger partial charge in [-0.1, -0.05) is 38.0 Å². The first-order valence-electron chi connectivity index (χ1n) is 11.1. The Hall–Kier alpha value is -1.92. The number of carbonyl (C=O) groups excluding carboxylic acids is 2. The topological polar surface area (TPSA) is 61.9 Å². The molecule has 1 saturated carbocycles. The number of rotatable bonds is 6. The summed E-state index contributed by atoms with van der Waals surface area (Å²) in [6.07, 6.45) is 5.93. The summed E-state index contributed by atoms with van der Waals surface area (Å²) in [6.45, 7) is 5.46. The Labute approximate surface area is 173 Å². The molecule has 2 aliphatic heterocycles. The van der Waals surface area contributed by atoms with Crippen LogP contribution in [0.15, 0.2) is 30.3 Å². The van der Waals surface area contributed by atoms with Crippen molar-refractivity contribution in [1.29, 1.82) is 0 Å². The molecule has 1 N–H and O–H groups in total. The number of carbonyl (C=O) groups is 2. The van der Waals surface area contributed by atoms with Crippen molar-refractivity contribution in [3.63, 3.8) is 0 Å². The normalized spacial score (nSPS) is 31.5. The maximum absolute atomic E-state index is 13.0. The van der Waals surface area contributed by atoms with Crippen LogP contribution < -0.4 is 5.32 Å². The lowest BCUT2D eigenvalue weighted by Gasteiger charge is -2.40. The first kappa shape index (κ1) is 20.4. The molecule has 1 aromatic rings. The van der Waals surface area contributed by atoms with Gasteiger partial charge < -0.3 is 15.0 Å². The molecule has 1 aromatic carbocycles. The Morgan fingerprint density at radius 3 is 2.69 bits per heavy atom. The van der Waals surface area contributed by atoms with Crippen LogP contribution in [0.3, 0.4) is 0 Å². The summed E-state index contributed by atoms with van der Waals surface area (Å²) in [6, 6.07) is 9.95. The van der Waals surface area contributed by atoms with Gasteiger partial charge in [-0.15, -0.1) is 0 Å². The molecule has 29 heavy (non-hydrogen) atoms. The van der Waals surface area contributed by atoms with Crippen molar-refractivity contribution in [3.8, 4) is 0 Å². The lowest BCUT2D eigenvalue weighted by Crippen LogP contribution is -2.57. The van der Waals surface area contributed by atoms with Crippen molar-refractivity contribution < 1.29 is 14.3 Å². The minimum atomic E-state index is -0.0509. The molecule has 6 nitrogen and oxygen atoms in total. The van der Waals surface area contributed by atoms with Crippen molar-refractivity contribution >= 4 is 11.8 Å². The van der Waals surface area contributed by atoms with E-state index in [0.717, 1.165) is 31.5 Å². The van der Waals surface area contributed by atoms with E-state index < -0.39 is 0 Å². The van der Waals surface area contributed by atoms with Crippen LogP contribution in [0.1, 0.15) is 49.4 Å². The van der Waals surface area contributed by atoms with E-state index in [4.69, 9.17) is 4.74 Å². The average Bonchev–Trinajstić information content (AvgIpc) is 3.17. The summed E-state index contributed by atoms with van der Waals surface area (Å²) in [4.78, 5) is 29.7. The van der Waals surface area contributed by atoms with E-state index in [1.54, 1.807) is 0 Å². The molecule has 1 aliphatic carbocycles. The Morgan fingerprint density at radius 2 is 1.90 bits per heavy atom. The van der Waals surface area contributed by atoms with Gasteiger partial charge in [0, 0.05) is 43.8 Å². The smallest absolute Gasteiger partial charge is 0.254 e. The monoisotopic (exact) mass is 399 g/mol. The Balaban J connectivity index is 1.28. The van der Waals surface area contributed by atoms with Crippen LogP contribution >= 0.6 is 0 Å². The predicted octanol–water partition coefficient (Wildman–Crippen LogP) is 2.30. The molecular weight excluding hydrogens is 366 g/mol. The fourth-order valence-corrected chi connectivity index (χ4v) is 5.03. The number of hydrogen-bond donors (Lipinski definition) is 1. The molecule has 3 fully saturated rings. The highest BCUT2D eigenvalue weighted by Gasteiger charge is 2.40. The second-order valence-electron chi connectivity index (χ2n) is 8.83. The van der Waals surface area contributed by atoms with E-state index >= 15 is 0 Å². The molecule has 3 aliphatic rings. The fraction of sp³-hybridized carbons (Fsp3) is 0.652. The van der Waals surface area contributed by atoms with Crippen molar-refractivity contribution in [2.24, 2.45) is 5.92 Å². The summed E-state index contributed by atoms with van der Waals surface area (Å²) in [5.41, 5.74) is 0.741. The zero-order valence-corrected chi connectivity index (χ0v) is 17.4. The molecule has 2 amide bonds. The number of benzene rings is 1. The summed E-state index contributed by atoms with van der Waals surface area (Å²) in [5.74, 6) is 0.585. The van der Waals surface area contributed by atoms with Gasteiger partial charge in [0.1, 0.15) is 6.61 Å². The first-order valence-corrected chi connectivity index (χ1v) is 11.1. The molecule has 6 heteroatoms. The van der Waals surface area contributed by atoms with Crippen LogP contribution in [0.5, 0.6) is 0 Å². The van der Waals surface area contributed by atoms with Gasteiger partial charge in [0.15, 0.2) is 0 Å². The summed E-state index contributed by atoms with van der Waals surface area (Å²) < 4.78 is 5.89. The van der Waals surface area contributed by atoms with Gasteiger partial charge in [-0.2, -0.15) is 0 Å². The number of ether oxygens (including phenoxy) is 1. The predicted molar refractivity (Wildman–Crippen MR) is 112 cm³/mol. The molecule has 0 aromatic heterocycles. The van der Waals surface area contributed by atoms with Crippen LogP contribution in [0, 0.1) is 5.92 Å². The molecule has 5 atom stereocenters. The number of nitrogens with zero attached hydrogens (tertiary/aromatic N) is 2. The van der Waals surface area contributed by atoms with E-state index in [-0.39, 0.29) is 36.6 Å². The second-order valence-corrected chi connectivity index (χ2v) is 8.83. The highest BCUT2D eigenvalue weighted by atomic mass is 16.5. The summed E-state index contributed by atoms with van der Waals surface area (Å²) in [7, 11) is 0. The zero-order valence-electron chi connectivity index (χ0n) is 17.4. The Bertz CT molecular complexity index is 711. The van der Waals surface area contributed by atoms with E-state index in [9.17, 15) is 9.59 Å². The third-order valence-corrected chi connectivity index (χ3v) is 6.84. The van der Waals surface area contributed by atoms with Crippen LogP contribution in [-0.4, -0.2) is 72.6 Å². The second kappa shape index (κ2) is 9.26. The van der Waals surface area contributed by atoms with Gasteiger partial charge in [0.25, 0.3) is 5.91 Å². The minimum Gasteiger partial charge on any atom is -0.368 e. The molecule has 2 heterocycles. The number of fused-ring (bicyclic) bond motifs is 2. The van der Waals surface area contributed by atoms with Gasteiger partial charge in [-0.05, 0) is 37.3 Å². The quantitative estimate of drug-likeness (QED) is 0.797. The highest BCUT2D eigenvalue weighted by molar-refractivity contribution is 5.94. The van der Waals surface area contributed by atoms with E-state index in [2.05, 4.69) is 17.1 Å². The Morgan fingerprint density at radius 1 is 1.10 bits per heavy atom. The van der Waals surface area contributed by atoms with Gasteiger partial charge in [0.05, 0.1) is 6.10 Å². The number of piperazine rings is 1. The molecule has 1 unspecified atom stereocenters. The number of hydrogen-bond acceptors (Lipinski definition) is 4. The Kier molecular flexibility index (Phi) is 6.50. The van der Waals surface area contributed by atoms with Gasteiger partial charge in [-0.3, -0.25) is 14.5 Å². The van der Waals surface area contributed by atoms with E-state index in [1.807, 2.05) is 35.2 Å². The van der Waals surface area contributed by atoms with E-state index in [1.165, 1.54) is 19.3 Å². The van der Waals surface area contributed by atoms with Crippen molar-refractivity contribution in [1.82, 2.24) is 15.1 Å². The third-order valence-electron chi connectivity index (χ3n) is 6.84. The van der Waals surface area contributed by atoms with Crippen LogP contribution in [0.25, 0.3) is 0 Å². The average molecular weight is 400 g/mol. The van der Waals surface area contributed by atoms with Crippen molar-refractivity contribution in [3.05, 3.63) is 35.9 Å². The molecule has 2 bridgehead atoms. The summed E-state index contributed by atoms with van der Waals surface area (Å²) >= 11 is 0. The van der Waals surface area contributed by atoms with Crippen molar-refractivity contribution in [2.45, 2.75) is 57.2 Å². The molecule has 0 spiro atoms. The van der Waals surface area contributed by atoms with Crippen LogP contribution in [0.4, 0.5) is 0 Å². The maximum Gasteiger partial charge on any atom is 0.254 e. The lowest BCUT2D eigenvalue weighted by atomic mass is 9.88. The first-order chi connectivity index (χ1) is 14.1.